The maximum atomic E-state index is 13.5. The highest BCUT2D eigenvalue weighted by atomic mass is 16.5. The van der Waals surface area contributed by atoms with Crippen LogP contribution in [-0.2, 0) is 40.5 Å². The van der Waals surface area contributed by atoms with Crippen LogP contribution in [0.4, 0.5) is 0 Å². The molecule has 2 heterocycles. The van der Waals surface area contributed by atoms with Crippen molar-refractivity contribution >= 4 is 11.9 Å². The minimum atomic E-state index is -0.276. The van der Waals surface area contributed by atoms with E-state index in [4.69, 9.17) is 14.2 Å². The van der Waals surface area contributed by atoms with Gasteiger partial charge in [0.2, 0.25) is 0 Å². The van der Waals surface area contributed by atoms with E-state index in [1.54, 1.807) is 0 Å². The zero-order valence-electron chi connectivity index (χ0n) is 23.7. The average molecular weight is 558 g/mol. The first-order valence-electron chi connectivity index (χ1n) is 14.4. The van der Waals surface area contributed by atoms with Crippen molar-refractivity contribution < 1.29 is 23.8 Å². The van der Waals surface area contributed by atoms with Crippen LogP contribution in [0.1, 0.15) is 45.5 Å². The summed E-state index contributed by atoms with van der Waals surface area (Å²) < 4.78 is 16.6. The number of carbonyl (C=O) groups excluding carboxylic acids is 2. The van der Waals surface area contributed by atoms with Gasteiger partial charge >= 0.3 is 5.97 Å². The number of fused-ring (bicyclic) bond motifs is 1. The van der Waals surface area contributed by atoms with E-state index in [1.807, 2.05) is 41.3 Å². The second kappa shape index (κ2) is 14.3. The number of nitrogens with zero attached hydrogens (tertiary/aromatic N) is 2. The quantitative estimate of drug-likeness (QED) is 0.316. The monoisotopic (exact) mass is 557 g/mol. The summed E-state index contributed by atoms with van der Waals surface area (Å²) in [5.74, 6) is 0.413. The van der Waals surface area contributed by atoms with Gasteiger partial charge in [0.1, 0.15) is 12.4 Å². The molecule has 8 nitrogen and oxygen atoms in total. The van der Waals surface area contributed by atoms with Gasteiger partial charge in [-0.15, -0.1) is 0 Å². The number of ether oxygens (including phenoxy) is 3. The molecule has 0 radical (unpaired) electrons. The summed E-state index contributed by atoms with van der Waals surface area (Å²) in [5, 5.41) is 3.47. The van der Waals surface area contributed by atoms with Crippen LogP contribution >= 0.6 is 0 Å². The van der Waals surface area contributed by atoms with Gasteiger partial charge in [-0.05, 0) is 35.2 Å². The molecule has 3 aromatic rings. The normalized spacial score (nSPS) is 15.9. The Kier molecular flexibility index (Phi) is 10.0. The second-order valence-corrected chi connectivity index (χ2v) is 10.6. The van der Waals surface area contributed by atoms with Crippen LogP contribution in [0, 0.1) is 0 Å². The lowest BCUT2D eigenvalue weighted by Crippen LogP contribution is -2.42. The van der Waals surface area contributed by atoms with Gasteiger partial charge in [0, 0.05) is 56.3 Å². The van der Waals surface area contributed by atoms with Crippen LogP contribution in [0.25, 0.3) is 0 Å². The van der Waals surface area contributed by atoms with Crippen molar-refractivity contribution in [2.75, 3.05) is 40.0 Å². The summed E-state index contributed by atoms with van der Waals surface area (Å²) in [6.07, 6.45) is 0.764. The summed E-state index contributed by atoms with van der Waals surface area (Å²) in [4.78, 5) is 29.7. The Balaban J connectivity index is 1.21. The number of hydrogen-bond acceptors (Lipinski definition) is 7. The number of morpholine rings is 1. The molecule has 1 N–H and O–H groups in total. The van der Waals surface area contributed by atoms with Crippen LogP contribution in [0.5, 0.6) is 5.75 Å². The third-order valence-electron chi connectivity index (χ3n) is 7.78. The van der Waals surface area contributed by atoms with Crippen molar-refractivity contribution in [2.45, 2.75) is 45.1 Å². The minimum Gasteiger partial charge on any atom is -0.489 e. The van der Waals surface area contributed by atoms with Crippen LogP contribution in [-0.4, -0.2) is 67.7 Å². The third-order valence-corrected chi connectivity index (χ3v) is 7.78. The summed E-state index contributed by atoms with van der Waals surface area (Å²) >= 11 is 0. The summed E-state index contributed by atoms with van der Waals surface area (Å²) in [7, 11) is 1.39. The van der Waals surface area contributed by atoms with Gasteiger partial charge < -0.3 is 24.4 Å². The van der Waals surface area contributed by atoms with Crippen molar-refractivity contribution in [2.24, 2.45) is 0 Å². The fourth-order valence-corrected chi connectivity index (χ4v) is 5.41. The van der Waals surface area contributed by atoms with Gasteiger partial charge in [-0.1, -0.05) is 60.7 Å². The number of nitrogens with one attached hydrogen (secondary N) is 1. The zero-order valence-corrected chi connectivity index (χ0v) is 23.7. The first-order valence-corrected chi connectivity index (χ1v) is 14.4. The van der Waals surface area contributed by atoms with Crippen LogP contribution in [0.15, 0.2) is 72.8 Å². The highest BCUT2D eigenvalue weighted by molar-refractivity contribution is 5.99. The molecule has 2 aliphatic heterocycles. The molecule has 3 aromatic carbocycles. The van der Waals surface area contributed by atoms with E-state index in [-0.39, 0.29) is 24.3 Å². The summed E-state index contributed by atoms with van der Waals surface area (Å²) in [6, 6.07) is 24.2. The molecule has 41 heavy (non-hydrogen) atoms. The van der Waals surface area contributed by atoms with Crippen molar-refractivity contribution in [3.05, 3.63) is 101 Å². The molecule has 1 unspecified atom stereocenters. The predicted octanol–water partition coefficient (Wildman–Crippen LogP) is 4.17. The van der Waals surface area contributed by atoms with Crippen LogP contribution < -0.4 is 10.1 Å². The fourth-order valence-electron chi connectivity index (χ4n) is 5.41. The van der Waals surface area contributed by atoms with Crippen molar-refractivity contribution in [1.29, 1.82) is 0 Å². The molecule has 5 rings (SSSR count). The molecule has 1 saturated heterocycles. The van der Waals surface area contributed by atoms with Gasteiger partial charge in [-0.25, -0.2) is 0 Å². The molecule has 1 amide bonds. The van der Waals surface area contributed by atoms with Crippen molar-refractivity contribution in [3.63, 3.8) is 0 Å². The smallest absolute Gasteiger partial charge is 0.305 e. The Bertz CT molecular complexity index is 1290. The Hall–Kier alpha value is -3.72. The number of carbonyl (C=O) groups is 2. The molecule has 1 fully saturated rings. The molecular weight excluding hydrogens is 518 g/mol. The standard InChI is InChI=1S/C33H39N3O5/c1-39-32(37)15-14-28(21-34-20-25-6-3-2-4-7-25)36-23-30-29(33(36)38)8-5-9-31(30)41-24-27-12-10-26(11-13-27)22-35-16-18-40-19-17-35/h2-13,28,34H,14-24H2,1H3. The molecule has 0 aromatic heterocycles. The number of rotatable bonds is 13. The maximum absolute atomic E-state index is 13.5. The van der Waals surface area contributed by atoms with E-state index in [1.165, 1.54) is 18.2 Å². The van der Waals surface area contributed by atoms with E-state index < -0.39 is 0 Å². The Morgan fingerprint density at radius 3 is 2.46 bits per heavy atom. The maximum Gasteiger partial charge on any atom is 0.305 e. The van der Waals surface area contributed by atoms with Crippen LogP contribution in [0.2, 0.25) is 0 Å². The lowest BCUT2D eigenvalue weighted by molar-refractivity contribution is -0.141. The Morgan fingerprint density at radius 2 is 1.71 bits per heavy atom. The predicted molar refractivity (Wildman–Crippen MR) is 156 cm³/mol. The SMILES string of the molecule is COC(=O)CCC(CNCc1ccccc1)N1Cc2c(OCc3ccc(CN4CCOCC4)cc3)cccc2C1=O. The molecule has 2 aliphatic rings. The van der Waals surface area contributed by atoms with Crippen LogP contribution in [0.3, 0.4) is 0 Å². The summed E-state index contributed by atoms with van der Waals surface area (Å²) in [6.45, 7) is 6.56. The molecule has 216 valence electrons. The van der Waals surface area contributed by atoms with E-state index in [9.17, 15) is 9.59 Å². The molecule has 0 spiro atoms. The van der Waals surface area contributed by atoms with Gasteiger partial charge in [-0.3, -0.25) is 14.5 Å². The fraction of sp³-hybridized carbons (Fsp3) is 0.394. The highest BCUT2D eigenvalue weighted by Crippen LogP contribution is 2.33. The number of amides is 1. The Labute approximate surface area is 242 Å². The lowest BCUT2D eigenvalue weighted by atomic mass is 10.1. The second-order valence-electron chi connectivity index (χ2n) is 10.6. The number of methoxy groups -OCH3 is 1. The summed E-state index contributed by atoms with van der Waals surface area (Å²) in [5.41, 5.74) is 5.08. The Morgan fingerprint density at radius 1 is 0.951 bits per heavy atom. The van der Waals surface area contributed by atoms with Gasteiger partial charge in [0.15, 0.2) is 0 Å². The number of esters is 1. The molecule has 0 bridgehead atoms. The molecule has 1 atom stereocenters. The molecular formula is C33H39N3O5. The van der Waals surface area contributed by atoms with E-state index in [0.29, 0.717) is 38.2 Å². The molecule has 0 aliphatic carbocycles. The first-order chi connectivity index (χ1) is 20.1. The number of benzene rings is 3. The van der Waals surface area contributed by atoms with Gasteiger partial charge in [0.25, 0.3) is 5.91 Å². The third kappa shape index (κ3) is 7.73. The average Bonchev–Trinajstić information content (AvgIpc) is 3.36. The number of hydrogen-bond donors (Lipinski definition) is 1. The van der Waals surface area contributed by atoms with E-state index in [0.717, 1.165) is 49.7 Å². The zero-order chi connectivity index (χ0) is 28.4. The van der Waals surface area contributed by atoms with E-state index >= 15 is 0 Å². The molecule has 8 heteroatoms. The first kappa shape index (κ1) is 28.8. The topological polar surface area (TPSA) is 80.3 Å². The van der Waals surface area contributed by atoms with Gasteiger partial charge in [-0.2, -0.15) is 0 Å². The van der Waals surface area contributed by atoms with E-state index in [2.05, 4.69) is 46.6 Å². The highest BCUT2D eigenvalue weighted by Gasteiger charge is 2.34. The minimum absolute atomic E-state index is 0.0331. The van der Waals surface area contributed by atoms with Crippen molar-refractivity contribution in [3.8, 4) is 5.75 Å². The lowest BCUT2D eigenvalue weighted by Gasteiger charge is -2.28. The van der Waals surface area contributed by atoms with Gasteiger partial charge in [0.05, 0.1) is 26.9 Å². The largest absolute Gasteiger partial charge is 0.489 e. The molecule has 0 saturated carbocycles. The van der Waals surface area contributed by atoms with Crippen molar-refractivity contribution in [1.82, 2.24) is 15.1 Å².